The first-order valence-electron chi connectivity index (χ1n) is 7.36. The highest BCUT2D eigenvalue weighted by Gasteiger charge is 2.28. The molecule has 0 heterocycles. The topological polar surface area (TPSA) is 35.5 Å². The minimum atomic E-state index is -0.183. The van der Waals surface area contributed by atoms with Crippen LogP contribution in [0.1, 0.15) is 54.9 Å². The number of aliphatic hydroxyl groups is 1. The molecule has 0 spiro atoms. The molecule has 2 atom stereocenters. The second-order valence-corrected chi connectivity index (χ2v) is 6.55. The molecule has 0 amide bonds. The predicted octanol–water partition coefficient (Wildman–Crippen LogP) is 2.49. The minimum absolute atomic E-state index is 0.183. The van der Waals surface area contributed by atoms with Crippen molar-refractivity contribution in [3.8, 4) is 0 Å². The van der Waals surface area contributed by atoms with E-state index in [0.29, 0.717) is 18.0 Å². The van der Waals surface area contributed by atoms with Gasteiger partial charge < -0.3 is 15.3 Å². The van der Waals surface area contributed by atoms with Gasteiger partial charge in [0.05, 0.1) is 6.61 Å². The summed E-state index contributed by atoms with van der Waals surface area (Å²) < 4.78 is 0. The molecule has 0 aliphatic heterocycles. The molecule has 0 bridgehead atoms. The number of rotatable bonds is 9. The second kappa shape index (κ2) is 8.13. The first-order valence-corrected chi connectivity index (χ1v) is 7.36. The van der Waals surface area contributed by atoms with E-state index in [9.17, 15) is 5.11 Å². The van der Waals surface area contributed by atoms with Crippen molar-refractivity contribution in [3.63, 3.8) is 0 Å². The molecule has 2 N–H and O–H groups in total. The highest BCUT2D eigenvalue weighted by Crippen LogP contribution is 2.17. The van der Waals surface area contributed by atoms with Gasteiger partial charge in [0, 0.05) is 24.2 Å². The Morgan fingerprint density at radius 3 is 2.06 bits per heavy atom. The Morgan fingerprint density at radius 1 is 1.17 bits per heavy atom. The molecule has 0 aliphatic carbocycles. The summed E-state index contributed by atoms with van der Waals surface area (Å²) in [7, 11) is 0. The standard InChI is InChI=1S/C15H34N2O/c1-8-17(10-12(2)3)14(6)9-15(7,11-18)16-13(4)5/h12-14,16,18H,8-11H2,1-7H3. The van der Waals surface area contributed by atoms with E-state index in [1.165, 1.54) is 0 Å². The molecule has 0 saturated heterocycles. The quantitative estimate of drug-likeness (QED) is 0.667. The van der Waals surface area contributed by atoms with Crippen LogP contribution in [0, 0.1) is 5.92 Å². The van der Waals surface area contributed by atoms with Gasteiger partial charge >= 0.3 is 0 Å². The van der Waals surface area contributed by atoms with Crippen molar-refractivity contribution >= 4 is 0 Å². The van der Waals surface area contributed by atoms with E-state index in [0.717, 1.165) is 19.5 Å². The molecule has 2 unspecified atom stereocenters. The maximum Gasteiger partial charge on any atom is 0.0611 e. The van der Waals surface area contributed by atoms with Crippen LogP contribution in [-0.2, 0) is 0 Å². The average molecular weight is 258 g/mol. The van der Waals surface area contributed by atoms with E-state index in [-0.39, 0.29) is 12.1 Å². The third kappa shape index (κ3) is 6.72. The molecule has 0 aliphatic rings. The van der Waals surface area contributed by atoms with Gasteiger partial charge in [0.2, 0.25) is 0 Å². The Hall–Kier alpha value is -0.120. The van der Waals surface area contributed by atoms with Crippen molar-refractivity contribution in [1.29, 1.82) is 0 Å². The van der Waals surface area contributed by atoms with Crippen LogP contribution in [0.15, 0.2) is 0 Å². The van der Waals surface area contributed by atoms with Crippen LogP contribution in [0.4, 0.5) is 0 Å². The van der Waals surface area contributed by atoms with Crippen molar-refractivity contribution < 1.29 is 5.11 Å². The maximum atomic E-state index is 9.64. The lowest BCUT2D eigenvalue weighted by atomic mass is 9.92. The van der Waals surface area contributed by atoms with Gasteiger partial charge in [0.25, 0.3) is 0 Å². The zero-order valence-electron chi connectivity index (χ0n) is 13.5. The van der Waals surface area contributed by atoms with Crippen molar-refractivity contribution in [1.82, 2.24) is 10.2 Å². The van der Waals surface area contributed by atoms with E-state index in [1.807, 2.05) is 0 Å². The average Bonchev–Trinajstić information content (AvgIpc) is 2.24. The van der Waals surface area contributed by atoms with Gasteiger partial charge in [-0.25, -0.2) is 0 Å². The Kier molecular flexibility index (Phi) is 8.08. The van der Waals surface area contributed by atoms with Gasteiger partial charge in [0.1, 0.15) is 0 Å². The number of nitrogens with zero attached hydrogens (tertiary/aromatic N) is 1. The van der Waals surface area contributed by atoms with E-state index < -0.39 is 0 Å². The molecule has 0 rings (SSSR count). The van der Waals surface area contributed by atoms with E-state index in [1.54, 1.807) is 0 Å². The van der Waals surface area contributed by atoms with Crippen LogP contribution in [0.2, 0.25) is 0 Å². The van der Waals surface area contributed by atoms with Gasteiger partial charge in [-0.05, 0) is 32.7 Å². The second-order valence-electron chi connectivity index (χ2n) is 6.55. The fourth-order valence-corrected chi connectivity index (χ4v) is 2.74. The molecule has 18 heavy (non-hydrogen) atoms. The first-order chi connectivity index (χ1) is 8.24. The normalized spacial score (nSPS) is 17.5. The van der Waals surface area contributed by atoms with E-state index >= 15 is 0 Å². The molecule has 110 valence electrons. The van der Waals surface area contributed by atoms with Gasteiger partial charge in [-0.2, -0.15) is 0 Å². The summed E-state index contributed by atoms with van der Waals surface area (Å²) in [6.07, 6.45) is 0.974. The smallest absolute Gasteiger partial charge is 0.0611 e. The highest BCUT2D eigenvalue weighted by atomic mass is 16.3. The monoisotopic (exact) mass is 258 g/mol. The van der Waals surface area contributed by atoms with E-state index in [4.69, 9.17) is 0 Å². The molecule has 3 heteroatoms. The Balaban J connectivity index is 4.52. The third-order valence-electron chi connectivity index (χ3n) is 3.36. The molecule has 0 saturated carbocycles. The van der Waals surface area contributed by atoms with Crippen LogP contribution < -0.4 is 5.32 Å². The van der Waals surface area contributed by atoms with Crippen molar-refractivity contribution in [2.75, 3.05) is 19.7 Å². The zero-order chi connectivity index (χ0) is 14.3. The molecule has 0 fully saturated rings. The number of nitrogens with one attached hydrogen (secondary N) is 1. The lowest BCUT2D eigenvalue weighted by molar-refractivity contribution is 0.105. The van der Waals surface area contributed by atoms with Gasteiger partial charge in [-0.15, -0.1) is 0 Å². The molecule has 0 aromatic carbocycles. The van der Waals surface area contributed by atoms with Crippen LogP contribution in [0.5, 0.6) is 0 Å². The Morgan fingerprint density at radius 2 is 1.72 bits per heavy atom. The Labute approximate surface area is 114 Å². The first kappa shape index (κ1) is 17.9. The van der Waals surface area contributed by atoms with Gasteiger partial charge in [0.15, 0.2) is 0 Å². The summed E-state index contributed by atoms with van der Waals surface area (Å²) in [6.45, 7) is 17.8. The molecule has 0 radical (unpaired) electrons. The summed E-state index contributed by atoms with van der Waals surface area (Å²) in [5, 5.41) is 13.1. The third-order valence-corrected chi connectivity index (χ3v) is 3.36. The summed E-state index contributed by atoms with van der Waals surface area (Å²) in [5.41, 5.74) is -0.183. The van der Waals surface area contributed by atoms with Crippen molar-refractivity contribution in [2.45, 2.75) is 72.5 Å². The fraction of sp³-hybridized carbons (Fsp3) is 1.00. The maximum absolute atomic E-state index is 9.64. The van der Waals surface area contributed by atoms with Gasteiger partial charge in [-0.3, -0.25) is 0 Å². The number of aliphatic hydroxyl groups excluding tert-OH is 1. The summed E-state index contributed by atoms with van der Waals surface area (Å²) in [5.74, 6) is 0.686. The minimum Gasteiger partial charge on any atom is -0.394 e. The molecule has 0 aromatic rings. The lowest BCUT2D eigenvalue weighted by Crippen LogP contribution is -2.53. The van der Waals surface area contributed by atoms with Crippen molar-refractivity contribution in [3.05, 3.63) is 0 Å². The number of hydrogen-bond donors (Lipinski definition) is 2. The summed E-state index contributed by atoms with van der Waals surface area (Å²) in [6, 6.07) is 0.885. The highest BCUT2D eigenvalue weighted by molar-refractivity contribution is 4.88. The molecule has 0 aromatic heterocycles. The molecular formula is C15H34N2O. The van der Waals surface area contributed by atoms with Crippen LogP contribution >= 0.6 is 0 Å². The fourth-order valence-electron chi connectivity index (χ4n) is 2.74. The van der Waals surface area contributed by atoms with Gasteiger partial charge in [-0.1, -0.05) is 34.6 Å². The summed E-state index contributed by atoms with van der Waals surface area (Å²) >= 11 is 0. The van der Waals surface area contributed by atoms with Crippen LogP contribution in [0.3, 0.4) is 0 Å². The summed E-state index contributed by atoms with van der Waals surface area (Å²) in [4.78, 5) is 2.50. The zero-order valence-corrected chi connectivity index (χ0v) is 13.5. The van der Waals surface area contributed by atoms with Crippen molar-refractivity contribution in [2.24, 2.45) is 5.92 Å². The number of hydrogen-bond acceptors (Lipinski definition) is 3. The predicted molar refractivity (Wildman–Crippen MR) is 79.9 cm³/mol. The van der Waals surface area contributed by atoms with Crippen LogP contribution in [0.25, 0.3) is 0 Å². The SMILES string of the molecule is CCN(CC(C)C)C(C)CC(C)(CO)NC(C)C. The molecular weight excluding hydrogens is 224 g/mol. The van der Waals surface area contributed by atoms with Crippen LogP contribution in [-0.4, -0.2) is 47.3 Å². The lowest BCUT2D eigenvalue weighted by Gasteiger charge is -2.38. The Bertz CT molecular complexity index is 219. The molecule has 3 nitrogen and oxygen atoms in total. The largest absolute Gasteiger partial charge is 0.394 e. The van der Waals surface area contributed by atoms with E-state index in [2.05, 4.69) is 58.7 Å².